The maximum absolute atomic E-state index is 12.4. The third kappa shape index (κ3) is 3.19. The molecular formula is C15H13Cl2N3O3S. The number of nitrogens with zero attached hydrogens (tertiary/aromatic N) is 1. The number of nitrogens with one attached hydrogen (secondary N) is 1. The van der Waals surface area contributed by atoms with Gasteiger partial charge in [0.1, 0.15) is 5.82 Å². The number of carbonyl (C=O) groups is 1. The van der Waals surface area contributed by atoms with E-state index >= 15 is 0 Å². The van der Waals surface area contributed by atoms with Crippen LogP contribution >= 0.6 is 23.2 Å². The minimum absolute atomic E-state index is 0.0483. The van der Waals surface area contributed by atoms with E-state index in [0.717, 1.165) is 0 Å². The highest BCUT2D eigenvalue weighted by Crippen LogP contribution is 2.34. The number of pyridine rings is 1. The summed E-state index contributed by atoms with van der Waals surface area (Å²) in [6.07, 6.45) is 1.58. The first kappa shape index (κ1) is 17.0. The van der Waals surface area contributed by atoms with Gasteiger partial charge in [0.05, 0.1) is 27.3 Å². The van der Waals surface area contributed by atoms with Gasteiger partial charge in [-0.05, 0) is 36.2 Å². The average molecular weight is 386 g/mol. The number of hydrogen-bond acceptors (Lipinski definition) is 5. The maximum atomic E-state index is 12.4. The predicted molar refractivity (Wildman–Crippen MR) is 92.0 cm³/mol. The second kappa shape index (κ2) is 6.23. The molecule has 2 heterocycles. The lowest BCUT2D eigenvalue weighted by Gasteiger charge is -2.26. The Balaban J connectivity index is 1.92. The van der Waals surface area contributed by atoms with Gasteiger partial charge in [-0.15, -0.1) is 0 Å². The van der Waals surface area contributed by atoms with Crippen molar-refractivity contribution < 1.29 is 13.2 Å². The summed E-state index contributed by atoms with van der Waals surface area (Å²) in [5, 5.41) is 3.38. The van der Waals surface area contributed by atoms with Crippen LogP contribution in [0.4, 0.5) is 5.82 Å². The molecule has 1 aromatic carbocycles. The second-order valence-corrected chi connectivity index (χ2v) is 8.33. The quantitative estimate of drug-likeness (QED) is 0.826. The number of nitrogens with two attached hydrogens (primary N) is 1. The first-order valence-corrected chi connectivity index (χ1v) is 9.43. The molecule has 1 atom stereocenters. The van der Waals surface area contributed by atoms with Crippen LogP contribution in [0, 0.1) is 0 Å². The van der Waals surface area contributed by atoms with Crippen LogP contribution in [-0.2, 0) is 9.84 Å². The lowest BCUT2D eigenvalue weighted by molar-refractivity contribution is 0.0934. The molecule has 1 amide bonds. The molecule has 24 heavy (non-hydrogen) atoms. The lowest BCUT2D eigenvalue weighted by atomic mass is 10.0. The van der Waals surface area contributed by atoms with Gasteiger partial charge in [0, 0.05) is 11.2 Å². The fraction of sp³-hybridized carbons (Fsp3) is 0.200. The van der Waals surface area contributed by atoms with Gasteiger partial charge in [-0.3, -0.25) is 4.79 Å². The molecule has 3 N–H and O–H groups in total. The van der Waals surface area contributed by atoms with Crippen molar-refractivity contribution in [2.24, 2.45) is 0 Å². The Bertz CT molecular complexity index is 932. The van der Waals surface area contributed by atoms with Gasteiger partial charge in [0.25, 0.3) is 5.91 Å². The third-order valence-electron chi connectivity index (χ3n) is 3.79. The standard InChI is InChI=1S/C15H13Cl2N3O3S/c16-9-1-2-13-10(6-9)12(3-4-24(13,22)23)20-15(21)8-5-11(17)14(18)19-7-8/h1-2,5-7,12H,3-4H2,(H2,18,19)(H,20,21). The lowest BCUT2D eigenvalue weighted by Crippen LogP contribution is -2.34. The first-order chi connectivity index (χ1) is 11.3. The van der Waals surface area contributed by atoms with Crippen LogP contribution in [0.5, 0.6) is 0 Å². The Hall–Kier alpha value is -1.83. The molecule has 0 radical (unpaired) electrons. The molecule has 1 aromatic heterocycles. The molecule has 0 saturated heterocycles. The Kier molecular flexibility index (Phi) is 4.42. The van der Waals surface area contributed by atoms with Crippen LogP contribution in [0.3, 0.4) is 0 Å². The normalized spacial score (nSPS) is 18.7. The summed E-state index contributed by atoms with van der Waals surface area (Å²) in [5.41, 5.74) is 6.25. The van der Waals surface area contributed by atoms with Crippen LogP contribution < -0.4 is 11.1 Å². The molecule has 1 aliphatic heterocycles. The van der Waals surface area contributed by atoms with Gasteiger partial charge < -0.3 is 11.1 Å². The van der Waals surface area contributed by atoms with Gasteiger partial charge in [-0.1, -0.05) is 23.2 Å². The number of hydrogen-bond donors (Lipinski definition) is 2. The van der Waals surface area contributed by atoms with Crippen LogP contribution in [-0.4, -0.2) is 25.1 Å². The molecule has 2 aromatic rings. The number of anilines is 1. The molecule has 1 unspecified atom stereocenters. The second-order valence-electron chi connectivity index (χ2n) is 5.41. The molecule has 1 aliphatic rings. The number of carbonyl (C=O) groups excluding carboxylic acids is 1. The predicted octanol–water partition coefficient (Wildman–Crippen LogP) is 2.62. The van der Waals surface area contributed by atoms with Crippen molar-refractivity contribution in [1.29, 1.82) is 0 Å². The number of halogens is 2. The fourth-order valence-electron chi connectivity index (χ4n) is 2.58. The smallest absolute Gasteiger partial charge is 0.253 e. The Morgan fingerprint density at radius 3 is 2.75 bits per heavy atom. The average Bonchev–Trinajstić information content (AvgIpc) is 2.52. The summed E-state index contributed by atoms with van der Waals surface area (Å²) in [6, 6.07) is 5.49. The highest BCUT2D eigenvalue weighted by molar-refractivity contribution is 7.91. The van der Waals surface area contributed by atoms with E-state index in [1.165, 1.54) is 24.4 Å². The van der Waals surface area contributed by atoms with Gasteiger partial charge >= 0.3 is 0 Å². The van der Waals surface area contributed by atoms with Crippen molar-refractivity contribution >= 4 is 44.8 Å². The molecule has 9 heteroatoms. The summed E-state index contributed by atoms with van der Waals surface area (Å²) in [5.74, 6) is -0.332. The van der Waals surface area contributed by atoms with E-state index in [4.69, 9.17) is 28.9 Å². The van der Waals surface area contributed by atoms with Crippen LogP contribution in [0.15, 0.2) is 35.4 Å². The van der Waals surface area contributed by atoms with E-state index in [2.05, 4.69) is 10.3 Å². The monoisotopic (exact) mass is 385 g/mol. The Morgan fingerprint density at radius 1 is 1.29 bits per heavy atom. The number of nitrogen functional groups attached to an aromatic ring is 1. The molecule has 6 nitrogen and oxygen atoms in total. The SMILES string of the molecule is Nc1ncc(C(=O)NC2CCS(=O)(=O)c3ccc(Cl)cc32)cc1Cl. The van der Waals surface area contributed by atoms with Crippen molar-refractivity contribution in [3.8, 4) is 0 Å². The number of amides is 1. The van der Waals surface area contributed by atoms with E-state index < -0.39 is 21.8 Å². The molecule has 0 aliphatic carbocycles. The van der Waals surface area contributed by atoms with Crippen LogP contribution in [0.2, 0.25) is 10.0 Å². The molecule has 0 bridgehead atoms. The minimum atomic E-state index is -3.36. The number of aromatic nitrogens is 1. The zero-order valence-electron chi connectivity index (χ0n) is 12.3. The summed E-state index contributed by atoms with van der Waals surface area (Å²) >= 11 is 11.9. The molecular weight excluding hydrogens is 373 g/mol. The van der Waals surface area contributed by atoms with Crippen molar-refractivity contribution in [3.05, 3.63) is 51.6 Å². The number of rotatable bonds is 2. The van der Waals surface area contributed by atoms with Gasteiger partial charge in [-0.2, -0.15) is 0 Å². The largest absolute Gasteiger partial charge is 0.382 e. The van der Waals surface area contributed by atoms with E-state index in [9.17, 15) is 13.2 Å². The summed E-state index contributed by atoms with van der Waals surface area (Å²) in [6.45, 7) is 0. The summed E-state index contributed by atoms with van der Waals surface area (Å²) in [7, 11) is -3.36. The Labute approximate surface area is 148 Å². The summed E-state index contributed by atoms with van der Waals surface area (Å²) < 4.78 is 24.3. The zero-order chi connectivity index (χ0) is 17.5. The molecule has 3 rings (SSSR count). The fourth-order valence-corrected chi connectivity index (χ4v) is 4.53. The van der Waals surface area contributed by atoms with Crippen molar-refractivity contribution in [1.82, 2.24) is 10.3 Å². The van der Waals surface area contributed by atoms with Crippen LogP contribution in [0.1, 0.15) is 28.4 Å². The minimum Gasteiger partial charge on any atom is -0.382 e. The maximum Gasteiger partial charge on any atom is 0.253 e. The molecule has 0 saturated carbocycles. The third-order valence-corrected chi connectivity index (χ3v) is 6.15. The molecule has 0 spiro atoms. The van der Waals surface area contributed by atoms with Gasteiger partial charge in [-0.25, -0.2) is 13.4 Å². The molecule has 0 fully saturated rings. The number of sulfone groups is 1. The van der Waals surface area contributed by atoms with Gasteiger partial charge in [0.15, 0.2) is 9.84 Å². The zero-order valence-corrected chi connectivity index (χ0v) is 14.6. The van der Waals surface area contributed by atoms with Crippen molar-refractivity contribution in [2.45, 2.75) is 17.4 Å². The highest BCUT2D eigenvalue weighted by Gasteiger charge is 2.31. The van der Waals surface area contributed by atoms with Crippen LogP contribution in [0.25, 0.3) is 0 Å². The summed E-state index contributed by atoms with van der Waals surface area (Å²) in [4.78, 5) is 16.4. The van der Waals surface area contributed by atoms with Crippen molar-refractivity contribution in [3.63, 3.8) is 0 Å². The van der Waals surface area contributed by atoms with Gasteiger partial charge in [0.2, 0.25) is 0 Å². The first-order valence-electron chi connectivity index (χ1n) is 7.02. The molecule has 126 valence electrons. The topological polar surface area (TPSA) is 102 Å². The highest BCUT2D eigenvalue weighted by atomic mass is 35.5. The van der Waals surface area contributed by atoms with Crippen molar-refractivity contribution in [2.75, 3.05) is 11.5 Å². The van der Waals surface area contributed by atoms with E-state index in [1.54, 1.807) is 6.07 Å². The van der Waals surface area contributed by atoms with E-state index in [0.29, 0.717) is 10.6 Å². The van der Waals surface area contributed by atoms with E-state index in [-0.39, 0.29) is 33.5 Å². The number of benzene rings is 1. The number of fused-ring (bicyclic) bond motifs is 1. The van der Waals surface area contributed by atoms with E-state index in [1.807, 2.05) is 0 Å². The Morgan fingerprint density at radius 2 is 2.04 bits per heavy atom.